The topological polar surface area (TPSA) is 50.1 Å². The summed E-state index contributed by atoms with van der Waals surface area (Å²) in [4.78, 5) is 0. The van der Waals surface area contributed by atoms with E-state index in [2.05, 4.69) is 22.6 Å². The molecule has 0 aromatic heterocycles. The second kappa shape index (κ2) is 4.98. The highest BCUT2D eigenvalue weighted by atomic mass is 127. The molecule has 0 amide bonds. The van der Waals surface area contributed by atoms with E-state index in [1.165, 1.54) is 17.8 Å². The summed E-state index contributed by atoms with van der Waals surface area (Å²) in [6, 6.07) is 4.87. The van der Waals surface area contributed by atoms with Crippen molar-refractivity contribution in [2.45, 2.75) is 31.1 Å². The summed E-state index contributed by atoms with van der Waals surface area (Å²) in [6.45, 7) is 5.44. The monoisotopic (exact) mass is 393 g/mol. The molecular formula is C13H15FIN2OS-. The van der Waals surface area contributed by atoms with Gasteiger partial charge in [0, 0.05) is 15.7 Å². The zero-order valence-electron chi connectivity index (χ0n) is 11.0. The largest absolute Gasteiger partial charge is 0.784 e. The Balaban J connectivity index is 2.44. The predicted octanol–water partition coefficient (Wildman–Crippen LogP) is 3.95. The van der Waals surface area contributed by atoms with Crippen LogP contribution in [0.4, 0.5) is 4.39 Å². The van der Waals surface area contributed by atoms with Gasteiger partial charge in [0.1, 0.15) is 5.82 Å². The van der Waals surface area contributed by atoms with E-state index in [4.69, 9.17) is 5.41 Å². The van der Waals surface area contributed by atoms with Gasteiger partial charge in [-0.05, 0) is 61.6 Å². The van der Waals surface area contributed by atoms with Gasteiger partial charge in [0.05, 0.1) is 15.3 Å². The highest BCUT2D eigenvalue weighted by Crippen LogP contribution is 2.46. The molecule has 1 aliphatic rings. The second-order valence-corrected chi connectivity index (χ2v) is 8.14. The van der Waals surface area contributed by atoms with Crippen molar-refractivity contribution in [2.24, 2.45) is 0 Å². The Kier molecular flexibility index (Phi) is 3.99. The molecule has 1 unspecified atom stereocenters. The van der Waals surface area contributed by atoms with E-state index in [9.17, 15) is 9.60 Å². The van der Waals surface area contributed by atoms with E-state index in [1.807, 2.05) is 6.92 Å². The Bertz CT molecular complexity index is 537. The lowest BCUT2D eigenvalue weighted by Gasteiger charge is -2.53. The van der Waals surface area contributed by atoms with Gasteiger partial charge in [0.15, 0.2) is 0 Å². The van der Waals surface area contributed by atoms with Crippen LogP contribution in [0.5, 0.6) is 0 Å². The van der Waals surface area contributed by atoms with Gasteiger partial charge in [-0.25, -0.2) is 4.39 Å². The number of nitrogens with one attached hydrogen (secondary N) is 1. The van der Waals surface area contributed by atoms with Crippen LogP contribution in [-0.2, 0) is 4.75 Å². The number of benzene rings is 1. The molecule has 1 aliphatic heterocycles. The van der Waals surface area contributed by atoms with Gasteiger partial charge in [0.2, 0.25) is 0 Å². The van der Waals surface area contributed by atoms with Crippen molar-refractivity contribution in [1.82, 2.24) is 5.06 Å². The van der Waals surface area contributed by atoms with Crippen molar-refractivity contribution in [1.29, 1.82) is 5.41 Å². The molecule has 0 saturated carbocycles. The molecule has 3 nitrogen and oxygen atoms in total. The minimum Gasteiger partial charge on any atom is -0.784 e. The number of halogens is 2. The molecule has 1 atom stereocenters. The molecule has 2 rings (SSSR count). The van der Waals surface area contributed by atoms with E-state index >= 15 is 0 Å². The number of hydroxylamine groups is 2. The van der Waals surface area contributed by atoms with Crippen LogP contribution in [0.1, 0.15) is 26.3 Å². The van der Waals surface area contributed by atoms with Crippen LogP contribution < -0.4 is 0 Å². The zero-order chi connectivity index (χ0) is 14.4. The maximum atomic E-state index is 14.0. The molecule has 104 valence electrons. The molecule has 1 fully saturated rings. The maximum absolute atomic E-state index is 14.0. The third-order valence-electron chi connectivity index (χ3n) is 3.45. The van der Waals surface area contributed by atoms with Crippen LogP contribution >= 0.6 is 34.4 Å². The van der Waals surface area contributed by atoms with Gasteiger partial charge in [0.25, 0.3) is 0 Å². The van der Waals surface area contributed by atoms with Crippen molar-refractivity contribution in [3.05, 3.63) is 38.4 Å². The molecule has 0 aliphatic carbocycles. The number of hydrogen-bond acceptors (Lipinski definition) is 4. The molecule has 1 aromatic rings. The lowest BCUT2D eigenvalue weighted by molar-refractivity contribution is 0.230. The average Bonchev–Trinajstić information content (AvgIpc) is 2.30. The quantitative estimate of drug-likeness (QED) is 0.736. The van der Waals surface area contributed by atoms with Crippen molar-refractivity contribution < 1.29 is 4.39 Å². The van der Waals surface area contributed by atoms with Gasteiger partial charge >= 0.3 is 0 Å². The summed E-state index contributed by atoms with van der Waals surface area (Å²) in [6.07, 6.45) is 0. The molecular weight excluding hydrogens is 378 g/mol. The fourth-order valence-electron chi connectivity index (χ4n) is 2.01. The molecule has 19 heavy (non-hydrogen) atoms. The average molecular weight is 393 g/mol. The normalized spacial score (nSPS) is 27.6. The van der Waals surface area contributed by atoms with Crippen LogP contribution in [0.15, 0.2) is 18.2 Å². The number of hydrogen-bond donors (Lipinski definition) is 1. The third kappa shape index (κ3) is 2.68. The Morgan fingerprint density at radius 2 is 2.05 bits per heavy atom. The molecule has 1 heterocycles. The van der Waals surface area contributed by atoms with Crippen molar-refractivity contribution in [3.63, 3.8) is 0 Å². The first-order valence-corrected chi connectivity index (χ1v) is 7.75. The Labute approximate surface area is 130 Å². The van der Waals surface area contributed by atoms with Crippen molar-refractivity contribution in [3.8, 4) is 0 Å². The Morgan fingerprint density at radius 3 is 2.63 bits per heavy atom. The Morgan fingerprint density at radius 1 is 1.42 bits per heavy atom. The molecule has 1 N–H and O–H groups in total. The lowest BCUT2D eigenvalue weighted by Crippen LogP contribution is -2.55. The van der Waals surface area contributed by atoms with E-state index in [-0.39, 0.29) is 17.4 Å². The first kappa shape index (κ1) is 15.2. The molecule has 0 bridgehead atoms. The minimum atomic E-state index is -0.831. The summed E-state index contributed by atoms with van der Waals surface area (Å²) in [5, 5.41) is 21.4. The third-order valence-corrected chi connectivity index (χ3v) is 5.62. The SMILES string of the molecule is CC1(c2cc(I)ccc2F)CN([O-])C(C)(C)C(=N)S1. The maximum Gasteiger partial charge on any atom is 0.127 e. The Hall–Kier alpha value is -0.180. The molecule has 6 heteroatoms. The lowest BCUT2D eigenvalue weighted by atomic mass is 9.96. The van der Waals surface area contributed by atoms with Crippen LogP contribution in [0.3, 0.4) is 0 Å². The second-order valence-electron chi connectivity index (χ2n) is 5.38. The first-order chi connectivity index (χ1) is 8.67. The smallest absolute Gasteiger partial charge is 0.127 e. The first-order valence-electron chi connectivity index (χ1n) is 5.85. The fourth-order valence-corrected chi connectivity index (χ4v) is 3.75. The minimum absolute atomic E-state index is 0.171. The summed E-state index contributed by atoms with van der Waals surface area (Å²) in [7, 11) is 0. The van der Waals surface area contributed by atoms with E-state index in [0.29, 0.717) is 5.56 Å². The summed E-state index contributed by atoms with van der Waals surface area (Å²) in [5.41, 5.74) is -0.340. The molecule has 0 spiro atoms. The summed E-state index contributed by atoms with van der Waals surface area (Å²) >= 11 is 3.39. The van der Waals surface area contributed by atoms with E-state index < -0.39 is 10.3 Å². The van der Waals surface area contributed by atoms with Crippen molar-refractivity contribution >= 4 is 39.4 Å². The highest BCUT2D eigenvalue weighted by Gasteiger charge is 2.43. The van der Waals surface area contributed by atoms with Crippen molar-refractivity contribution in [2.75, 3.05) is 6.54 Å². The van der Waals surface area contributed by atoms with Crippen LogP contribution in [0.25, 0.3) is 0 Å². The van der Waals surface area contributed by atoms with Gasteiger partial charge < -0.3 is 10.3 Å². The fraction of sp³-hybridized carbons (Fsp3) is 0.462. The standard InChI is InChI=1S/C13H15FIN2OS/c1-12(2)11(16)19-13(3,7-17(12)18)9-6-8(15)4-5-10(9)14/h4-6,16H,7H2,1-3H3/q-1. The number of nitrogens with zero attached hydrogens (tertiary/aromatic N) is 1. The van der Waals surface area contributed by atoms with Gasteiger partial charge in [-0.15, -0.1) is 0 Å². The molecule has 1 saturated heterocycles. The van der Waals surface area contributed by atoms with Gasteiger partial charge in [-0.2, -0.15) is 0 Å². The number of thioether (sulfide) groups is 1. The van der Waals surface area contributed by atoms with E-state index in [1.54, 1.807) is 26.0 Å². The van der Waals surface area contributed by atoms with Gasteiger partial charge in [-0.1, -0.05) is 11.8 Å². The van der Waals surface area contributed by atoms with Crippen LogP contribution in [0, 0.1) is 20.0 Å². The van der Waals surface area contributed by atoms with Crippen LogP contribution in [0.2, 0.25) is 0 Å². The molecule has 0 radical (unpaired) electrons. The predicted molar refractivity (Wildman–Crippen MR) is 85.9 cm³/mol. The van der Waals surface area contributed by atoms with Crippen LogP contribution in [-0.4, -0.2) is 22.2 Å². The number of rotatable bonds is 1. The van der Waals surface area contributed by atoms with Gasteiger partial charge in [-0.3, -0.25) is 5.41 Å². The highest BCUT2D eigenvalue weighted by molar-refractivity contribution is 14.1. The van der Waals surface area contributed by atoms with E-state index in [0.717, 1.165) is 8.63 Å². The molecule has 1 aromatic carbocycles. The summed E-state index contributed by atoms with van der Waals surface area (Å²) in [5.74, 6) is -0.323. The summed E-state index contributed by atoms with van der Waals surface area (Å²) < 4.78 is 14.2. The zero-order valence-corrected chi connectivity index (χ0v) is 13.9.